The molecule has 0 aromatic heterocycles. The van der Waals surface area contributed by atoms with Crippen molar-refractivity contribution in [2.45, 2.75) is 32.8 Å². The Kier molecular flexibility index (Phi) is 3.13. The Bertz CT molecular complexity index is 316. The first kappa shape index (κ1) is 11.0. The molecule has 3 nitrogen and oxygen atoms in total. The second-order valence-corrected chi connectivity index (χ2v) is 4.40. The maximum atomic E-state index is 9.50. The maximum absolute atomic E-state index is 9.50. The normalized spacial score (nSPS) is 11.7. The van der Waals surface area contributed by atoms with E-state index in [-0.39, 0.29) is 17.8 Å². The van der Waals surface area contributed by atoms with Gasteiger partial charge in [-0.25, -0.2) is 5.90 Å². The molecule has 0 saturated carbocycles. The number of benzene rings is 1. The lowest BCUT2D eigenvalue weighted by Gasteiger charge is -2.20. The summed E-state index contributed by atoms with van der Waals surface area (Å²) in [7, 11) is 0. The lowest BCUT2D eigenvalue weighted by atomic mass is 9.86. The van der Waals surface area contributed by atoms with Crippen LogP contribution in [0.5, 0.6) is 5.75 Å². The van der Waals surface area contributed by atoms with Crippen molar-refractivity contribution in [2.75, 3.05) is 0 Å². The predicted molar refractivity (Wildman–Crippen MR) is 55.8 cm³/mol. The highest BCUT2D eigenvalue weighted by molar-refractivity contribution is 5.38. The number of rotatable bonds is 2. The monoisotopic (exact) mass is 195 g/mol. The lowest BCUT2D eigenvalue weighted by molar-refractivity contribution is 0.122. The molecule has 0 aliphatic carbocycles. The fraction of sp³-hybridized carbons (Fsp3) is 0.455. The van der Waals surface area contributed by atoms with Crippen molar-refractivity contribution < 1.29 is 9.94 Å². The van der Waals surface area contributed by atoms with E-state index in [1.165, 1.54) is 0 Å². The molecule has 0 saturated heterocycles. The molecule has 3 heteroatoms. The summed E-state index contributed by atoms with van der Waals surface area (Å²) in [6.45, 7) is 6.58. The van der Waals surface area contributed by atoms with Crippen LogP contribution in [0.2, 0.25) is 0 Å². The first-order valence-electron chi connectivity index (χ1n) is 4.59. The minimum atomic E-state index is 0.0665. The highest BCUT2D eigenvalue weighted by Gasteiger charge is 2.15. The van der Waals surface area contributed by atoms with Crippen LogP contribution in [0.25, 0.3) is 0 Å². The van der Waals surface area contributed by atoms with Gasteiger partial charge in [-0.15, -0.1) is 0 Å². The van der Waals surface area contributed by atoms with Crippen molar-refractivity contribution in [3.05, 3.63) is 29.3 Å². The Morgan fingerprint density at radius 3 is 2.50 bits per heavy atom. The van der Waals surface area contributed by atoms with E-state index in [1.807, 2.05) is 12.1 Å². The summed E-state index contributed by atoms with van der Waals surface area (Å²) in [6, 6.07) is 5.51. The standard InChI is InChI=1S/C11H17NO2/c1-11(2,3)9-4-5-10(13)8(6-9)7-14-12/h4-6,13H,7,12H2,1-3H3. The Morgan fingerprint density at radius 2 is 2.00 bits per heavy atom. The molecule has 3 N–H and O–H groups in total. The fourth-order valence-corrected chi connectivity index (χ4v) is 1.26. The molecule has 0 heterocycles. The van der Waals surface area contributed by atoms with E-state index < -0.39 is 0 Å². The SMILES string of the molecule is CC(C)(C)c1ccc(O)c(CON)c1. The summed E-state index contributed by atoms with van der Waals surface area (Å²) in [5, 5.41) is 9.50. The largest absolute Gasteiger partial charge is 0.508 e. The number of hydrogen-bond acceptors (Lipinski definition) is 3. The Hall–Kier alpha value is -1.06. The van der Waals surface area contributed by atoms with Crippen molar-refractivity contribution in [3.63, 3.8) is 0 Å². The predicted octanol–water partition coefficient (Wildman–Crippen LogP) is 2.08. The van der Waals surface area contributed by atoms with E-state index in [4.69, 9.17) is 5.90 Å². The van der Waals surface area contributed by atoms with Crippen LogP contribution in [0.4, 0.5) is 0 Å². The van der Waals surface area contributed by atoms with Crippen LogP contribution in [0.1, 0.15) is 31.9 Å². The molecule has 0 aliphatic heterocycles. The minimum absolute atomic E-state index is 0.0665. The summed E-state index contributed by atoms with van der Waals surface area (Å²) in [5.74, 6) is 5.20. The summed E-state index contributed by atoms with van der Waals surface area (Å²) < 4.78 is 0. The Balaban J connectivity index is 3.06. The van der Waals surface area contributed by atoms with Crippen LogP contribution in [0.15, 0.2) is 18.2 Å². The van der Waals surface area contributed by atoms with Gasteiger partial charge in [-0.3, -0.25) is 4.84 Å². The highest BCUT2D eigenvalue weighted by Crippen LogP contribution is 2.27. The van der Waals surface area contributed by atoms with Crippen LogP contribution >= 0.6 is 0 Å². The third kappa shape index (κ3) is 2.47. The van der Waals surface area contributed by atoms with Gasteiger partial charge in [0.05, 0.1) is 6.61 Å². The number of hydrogen-bond donors (Lipinski definition) is 2. The zero-order chi connectivity index (χ0) is 10.8. The van der Waals surface area contributed by atoms with Gasteiger partial charge in [-0.2, -0.15) is 0 Å². The zero-order valence-corrected chi connectivity index (χ0v) is 8.87. The number of phenolic OH excluding ortho intramolecular Hbond substituents is 1. The van der Waals surface area contributed by atoms with Crippen LogP contribution in [-0.4, -0.2) is 5.11 Å². The topological polar surface area (TPSA) is 55.5 Å². The molecule has 0 aliphatic rings. The number of phenols is 1. The van der Waals surface area contributed by atoms with Gasteiger partial charge in [-0.05, 0) is 23.1 Å². The number of nitrogens with two attached hydrogens (primary N) is 1. The van der Waals surface area contributed by atoms with E-state index in [0.29, 0.717) is 0 Å². The van der Waals surface area contributed by atoms with E-state index >= 15 is 0 Å². The summed E-state index contributed by atoms with van der Waals surface area (Å²) >= 11 is 0. The van der Waals surface area contributed by atoms with E-state index in [1.54, 1.807) is 6.07 Å². The molecule has 0 amide bonds. The zero-order valence-electron chi connectivity index (χ0n) is 8.87. The second kappa shape index (κ2) is 3.98. The molecular formula is C11H17NO2. The smallest absolute Gasteiger partial charge is 0.121 e. The third-order valence-electron chi connectivity index (χ3n) is 2.18. The van der Waals surface area contributed by atoms with Gasteiger partial charge in [-0.1, -0.05) is 26.8 Å². The maximum Gasteiger partial charge on any atom is 0.121 e. The van der Waals surface area contributed by atoms with Crippen molar-refractivity contribution >= 4 is 0 Å². The molecule has 1 rings (SSSR count). The molecule has 0 radical (unpaired) electrons. The molecule has 1 aromatic carbocycles. The summed E-state index contributed by atoms with van der Waals surface area (Å²) in [5.41, 5.74) is 1.94. The van der Waals surface area contributed by atoms with Crippen molar-refractivity contribution in [2.24, 2.45) is 5.90 Å². The lowest BCUT2D eigenvalue weighted by Crippen LogP contribution is -2.11. The van der Waals surface area contributed by atoms with Crippen molar-refractivity contribution in [1.82, 2.24) is 0 Å². The molecular weight excluding hydrogens is 178 g/mol. The van der Waals surface area contributed by atoms with E-state index in [0.717, 1.165) is 11.1 Å². The fourth-order valence-electron chi connectivity index (χ4n) is 1.26. The van der Waals surface area contributed by atoms with Gasteiger partial charge in [0.15, 0.2) is 0 Å². The Morgan fingerprint density at radius 1 is 1.36 bits per heavy atom. The number of aromatic hydroxyl groups is 1. The molecule has 0 atom stereocenters. The van der Waals surface area contributed by atoms with Gasteiger partial charge in [0, 0.05) is 5.56 Å². The molecule has 78 valence electrons. The molecule has 0 fully saturated rings. The van der Waals surface area contributed by atoms with Crippen LogP contribution in [0.3, 0.4) is 0 Å². The van der Waals surface area contributed by atoms with Gasteiger partial charge >= 0.3 is 0 Å². The molecule has 0 unspecified atom stereocenters. The van der Waals surface area contributed by atoms with Crippen molar-refractivity contribution in [3.8, 4) is 5.75 Å². The van der Waals surface area contributed by atoms with E-state index in [9.17, 15) is 5.11 Å². The highest BCUT2D eigenvalue weighted by atomic mass is 16.6. The molecule has 0 spiro atoms. The average Bonchev–Trinajstić information content (AvgIpc) is 2.07. The Labute approximate surface area is 84.5 Å². The van der Waals surface area contributed by atoms with Crippen LogP contribution in [-0.2, 0) is 16.9 Å². The minimum Gasteiger partial charge on any atom is -0.508 e. The quantitative estimate of drug-likeness (QED) is 0.710. The van der Waals surface area contributed by atoms with Gasteiger partial charge in [0.25, 0.3) is 0 Å². The first-order valence-corrected chi connectivity index (χ1v) is 4.59. The molecule has 0 bridgehead atoms. The second-order valence-electron chi connectivity index (χ2n) is 4.40. The summed E-state index contributed by atoms with van der Waals surface area (Å²) in [6.07, 6.45) is 0. The van der Waals surface area contributed by atoms with Crippen LogP contribution in [0, 0.1) is 0 Å². The van der Waals surface area contributed by atoms with Crippen molar-refractivity contribution in [1.29, 1.82) is 0 Å². The molecule has 1 aromatic rings. The molecule has 14 heavy (non-hydrogen) atoms. The third-order valence-corrected chi connectivity index (χ3v) is 2.18. The van der Waals surface area contributed by atoms with Gasteiger partial charge < -0.3 is 5.11 Å². The first-order chi connectivity index (χ1) is 6.45. The van der Waals surface area contributed by atoms with Gasteiger partial charge in [0.2, 0.25) is 0 Å². The average molecular weight is 195 g/mol. The van der Waals surface area contributed by atoms with Gasteiger partial charge in [0.1, 0.15) is 5.75 Å². The summed E-state index contributed by atoms with van der Waals surface area (Å²) in [4.78, 5) is 4.52. The van der Waals surface area contributed by atoms with E-state index in [2.05, 4.69) is 25.6 Å². The van der Waals surface area contributed by atoms with Crippen LogP contribution < -0.4 is 5.90 Å².